The van der Waals surface area contributed by atoms with Crippen molar-refractivity contribution >= 4 is 22.4 Å². The van der Waals surface area contributed by atoms with E-state index in [0.29, 0.717) is 5.75 Å². The van der Waals surface area contributed by atoms with Crippen LogP contribution < -0.4 is 5.32 Å². The van der Waals surface area contributed by atoms with E-state index in [1.54, 1.807) is 6.26 Å². The van der Waals surface area contributed by atoms with Crippen molar-refractivity contribution in [1.82, 2.24) is 5.32 Å². The molecule has 1 aromatic rings. The van der Waals surface area contributed by atoms with Crippen LogP contribution in [0.15, 0.2) is 24.3 Å². The van der Waals surface area contributed by atoms with Crippen LogP contribution in [0, 0.1) is 0 Å². The van der Waals surface area contributed by atoms with E-state index >= 15 is 0 Å². The molecule has 84 valence electrons. The lowest BCUT2D eigenvalue weighted by Gasteiger charge is -2.12. The molecular formula is C11H16ClNOS. The summed E-state index contributed by atoms with van der Waals surface area (Å²) in [6.45, 7) is 2.75. The number of hydrogen-bond acceptors (Lipinski definition) is 2. The van der Waals surface area contributed by atoms with Crippen molar-refractivity contribution in [2.24, 2.45) is 0 Å². The Morgan fingerprint density at radius 2 is 2.13 bits per heavy atom. The molecule has 1 aromatic carbocycles. The van der Waals surface area contributed by atoms with Crippen LogP contribution in [0.4, 0.5) is 0 Å². The molecule has 0 saturated carbocycles. The lowest BCUT2D eigenvalue weighted by molar-refractivity contribution is 0.587. The van der Waals surface area contributed by atoms with Crippen molar-refractivity contribution in [3.8, 4) is 0 Å². The van der Waals surface area contributed by atoms with Crippen LogP contribution in [0.1, 0.15) is 12.5 Å². The van der Waals surface area contributed by atoms with Crippen molar-refractivity contribution in [3.63, 3.8) is 0 Å². The molecule has 0 aliphatic rings. The minimum absolute atomic E-state index is 0.243. The average molecular weight is 246 g/mol. The van der Waals surface area contributed by atoms with Gasteiger partial charge in [-0.25, -0.2) is 0 Å². The molecule has 0 amide bonds. The highest BCUT2D eigenvalue weighted by Crippen LogP contribution is 2.14. The molecule has 0 spiro atoms. The van der Waals surface area contributed by atoms with Gasteiger partial charge in [-0.1, -0.05) is 29.8 Å². The number of benzene rings is 1. The topological polar surface area (TPSA) is 29.1 Å². The van der Waals surface area contributed by atoms with Crippen molar-refractivity contribution in [2.75, 3.05) is 12.0 Å². The molecule has 0 aliphatic heterocycles. The zero-order valence-electron chi connectivity index (χ0n) is 9.00. The summed E-state index contributed by atoms with van der Waals surface area (Å²) in [6.07, 6.45) is 1.72. The van der Waals surface area contributed by atoms with E-state index in [9.17, 15) is 4.21 Å². The summed E-state index contributed by atoms with van der Waals surface area (Å²) in [5.74, 6) is 0.671. The fraction of sp³-hybridized carbons (Fsp3) is 0.455. The maximum absolute atomic E-state index is 11.0. The summed E-state index contributed by atoms with van der Waals surface area (Å²) in [5, 5.41) is 4.07. The Morgan fingerprint density at radius 3 is 2.73 bits per heavy atom. The van der Waals surface area contributed by atoms with Gasteiger partial charge in [0.1, 0.15) is 0 Å². The smallest absolute Gasteiger partial charge is 0.0450 e. The molecule has 0 fully saturated rings. The van der Waals surface area contributed by atoms with Gasteiger partial charge in [-0.2, -0.15) is 0 Å². The second kappa shape index (κ2) is 6.26. The standard InChI is InChI=1S/C11H16ClNOS/c1-9(8-15(2)14)13-7-10-5-3-4-6-11(10)12/h3-6,9,13H,7-8H2,1-2H3. The Kier molecular flexibility index (Phi) is 5.29. The molecule has 0 saturated heterocycles. The minimum atomic E-state index is -0.754. The first-order chi connectivity index (χ1) is 7.09. The van der Waals surface area contributed by atoms with Crippen LogP contribution in [-0.2, 0) is 17.3 Å². The monoisotopic (exact) mass is 245 g/mol. The summed E-state index contributed by atoms with van der Waals surface area (Å²) in [5.41, 5.74) is 1.08. The van der Waals surface area contributed by atoms with Crippen molar-refractivity contribution in [2.45, 2.75) is 19.5 Å². The molecular weight excluding hydrogens is 230 g/mol. The molecule has 0 radical (unpaired) electrons. The highest BCUT2D eigenvalue weighted by Gasteiger charge is 2.04. The van der Waals surface area contributed by atoms with Gasteiger partial charge < -0.3 is 5.32 Å². The summed E-state index contributed by atoms with van der Waals surface area (Å²) in [6, 6.07) is 7.99. The van der Waals surface area contributed by atoms with Crippen LogP contribution in [0.5, 0.6) is 0 Å². The molecule has 0 heterocycles. The van der Waals surface area contributed by atoms with Gasteiger partial charge in [0.25, 0.3) is 0 Å². The Bertz CT molecular complexity index is 343. The van der Waals surface area contributed by atoms with E-state index in [0.717, 1.165) is 17.1 Å². The van der Waals surface area contributed by atoms with Crippen LogP contribution in [-0.4, -0.2) is 22.3 Å². The average Bonchev–Trinajstić information content (AvgIpc) is 2.15. The highest BCUT2D eigenvalue weighted by atomic mass is 35.5. The largest absolute Gasteiger partial charge is 0.309 e. The van der Waals surface area contributed by atoms with Gasteiger partial charge in [0.15, 0.2) is 0 Å². The zero-order chi connectivity index (χ0) is 11.3. The fourth-order valence-electron chi connectivity index (χ4n) is 1.34. The molecule has 2 nitrogen and oxygen atoms in total. The van der Waals surface area contributed by atoms with Gasteiger partial charge in [-0.3, -0.25) is 4.21 Å². The Balaban J connectivity index is 2.43. The van der Waals surface area contributed by atoms with E-state index < -0.39 is 10.8 Å². The third-order valence-corrected chi connectivity index (χ3v) is 3.42. The van der Waals surface area contributed by atoms with E-state index in [1.807, 2.05) is 31.2 Å². The molecule has 2 atom stereocenters. The molecule has 1 N–H and O–H groups in total. The van der Waals surface area contributed by atoms with Gasteiger partial charge >= 0.3 is 0 Å². The molecule has 1 rings (SSSR count). The molecule has 0 aliphatic carbocycles. The third-order valence-electron chi connectivity index (χ3n) is 2.08. The van der Waals surface area contributed by atoms with E-state index in [4.69, 9.17) is 11.6 Å². The van der Waals surface area contributed by atoms with Gasteiger partial charge in [0.2, 0.25) is 0 Å². The Morgan fingerprint density at radius 1 is 1.47 bits per heavy atom. The number of hydrogen-bond donors (Lipinski definition) is 1. The number of nitrogens with one attached hydrogen (secondary N) is 1. The minimum Gasteiger partial charge on any atom is -0.309 e. The number of halogens is 1. The predicted octanol–water partition coefficient (Wildman–Crippen LogP) is 2.20. The highest BCUT2D eigenvalue weighted by molar-refractivity contribution is 7.84. The SMILES string of the molecule is CC(CS(C)=O)NCc1ccccc1Cl. The van der Waals surface area contributed by atoms with Crippen molar-refractivity contribution in [3.05, 3.63) is 34.9 Å². The van der Waals surface area contributed by atoms with Crippen molar-refractivity contribution in [1.29, 1.82) is 0 Å². The molecule has 0 bridgehead atoms. The summed E-state index contributed by atoms with van der Waals surface area (Å²) in [4.78, 5) is 0. The fourth-order valence-corrected chi connectivity index (χ4v) is 2.36. The van der Waals surface area contributed by atoms with Crippen LogP contribution in [0.2, 0.25) is 5.02 Å². The van der Waals surface area contributed by atoms with Crippen LogP contribution in [0.3, 0.4) is 0 Å². The van der Waals surface area contributed by atoms with E-state index in [-0.39, 0.29) is 6.04 Å². The first-order valence-corrected chi connectivity index (χ1v) is 6.97. The molecule has 2 unspecified atom stereocenters. The second-order valence-corrected chi connectivity index (χ2v) is 5.50. The maximum Gasteiger partial charge on any atom is 0.0450 e. The summed E-state index contributed by atoms with van der Waals surface area (Å²) < 4.78 is 11.0. The lowest BCUT2D eigenvalue weighted by atomic mass is 10.2. The first kappa shape index (κ1) is 12.7. The van der Waals surface area contributed by atoms with E-state index in [1.165, 1.54) is 0 Å². The van der Waals surface area contributed by atoms with E-state index in [2.05, 4.69) is 5.32 Å². The maximum atomic E-state index is 11.0. The molecule has 0 aromatic heterocycles. The summed E-state index contributed by atoms with van der Waals surface area (Å²) >= 11 is 6.01. The quantitative estimate of drug-likeness (QED) is 0.862. The van der Waals surface area contributed by atoms with Crippen LogP contribution >= 0.6 is 11.6 Å². The van der Waals surface area contributed by atoms with Gasteiger partial charge in [-0.15, -0.1) is 0 Å². The zero-order valence-corrected chi connectivity index (χ0v) is 10.6. The predicted molar refractivity (Wildman–Crippen MR) is 66.7 cm³/mol. The first-order valence-electron chi connectivity index (χ1n) is 4.86. The molecule has 4 heteroatoms. The van der Waals surface area contributed by atoms with Crippen LogP contribution in [0.25, 0.3) is 0 Å². The Labute approximate surface area is 98.5 Å². The van der Waals surface area contributed by atoms with Gasteiger partial charge in [-0.05, 0) is 18.6 Å². The normalized spacial score (nSPS) is 14.9. The van der Waals surface area contributed by atoms with Gasteiger partial charge in [0, 0.05) is 40.4 Å². The Hall–Kier alpha value is -0.380. The summed E-state index contributed by atoms with van der Waals surface area (Å²) in [7, 11) is -0.754. The molecule has 15 heavy (non-hydrogen) atoms. The third kappa shape index (κ3) is 4.78. The second-order valence-electron chi connectivity index (χ2n) is 3.61. The number of rotatable bonds is 5. The van der Waals surface area contributed by atoms with Gasteiger partial charge in [0.05, 0.1) is 0 Å². The lowest BCUT2D eigenvalue weighted by Crippen LogP contribution is -2.30. The van der Waals surface area contributed by atoms with Crippen molar-refractivity contribution < 1.29 is 4.21 Å².